The standard InChI is InChI=1S/C26H24N2O5/c1-20(29)25(18-22-11-8-14-24(17-22)28(31)32)26(30)33-16-15-27(23-12-6-3-7-13-23)19-21-9-4-2-5-10-21/h2-14,17-18H,15-16,19H2,1H3. The Balaban J connectivity index is 1.70. The van der Waals surface area contributed by atoms with Gasteiger partial charge in [0.25, 0.3) is 5.69 Å². The SMILES string of the molecule is CC(=O)C(=Cc1cccc([N+](=O)[O-])c1)C(=O)OCCN(Cc1ccccc1)c1ccccc1. The predicted octanol–water partition coefficient (Wildman–Crippen LogP) is 4.82. The van der Waals surface area contributed by atoms with Crippen LogP contribution in [0.15, 0.2) is 90.5 Å². The number of Topliss-reactive ketones (excluding diaryl/α,β-unsaturated/α-hetero) is 1. The summed E-state index contributed by atoms with van der Waals surface area (Å²) in [5.74, 6) is -1.24. The van der Waals surface area contributed by atoms with E-state index in [0.29, 0.717) is 18.7 Å². The molecule has 0 spiro atoms. The van der Waals surface area contributed by atoms with Crippen molar-refractivity contribution in [2.75, 3.05) is 18.1 Å². The summed E-state index contributed by atoms with van der Waals surface area (Å²) in [5.41, 5.74) is 2.18. The number of ketones is 1. The van der Waals surface area contributed by atoms with Crippen molar-refractivity contribution in [3.8, 4) is 0 Å². The molecule has 0 aliphatic carbocycles. The highest BCUT2D eigenvalue weighted by atomic mass is 16.6. The lowest BCUT2D eigenvalue weighted by molar-refractivity contribution is -0.384. The van der Waals surface area contributed by atoms with Gasteiger partial charge in [-0.3, -0.25) is 14.9 Å². The normalized spacial score (nSPS) is 11.0. The number of carbonyl (C=O) groups excluding carboxylic acids is 2. The number of esters is 1. The quantitative estimate of drug-likeness (QED) is 0.111. The first kappa shape index (κ1) is 23.4. The zero-order valence-corrected chi connectivity index (χ0v) is 18.2. The van der Waals surface area contributed by atoms with Gasteiger partial charge in [-0.25, -0.2) is 4.79 Å². The van der Waals surface area contributed by atoms with Crippen LogP contribution in [-0.2, 0) is 20.9 Å². The average Bonchev–Trinajstić information content (AvgIpc) is 2.83. The molecule has 0 unspecified atom stereocenters. The van der Waals surface area contributed by atoms with Gasteiger partial charge in [0.2, 0.25) is 0 Å². The molecule has 0 amide bonds. The van der Waals surface area contributed by atoms with E-state index in [1.54, 1.807) is 6.07 Å². The van der Waals surface area contributed by atoms with Crippen LogP contribution in [0.3, 0.4) is 0 Å². The molecule has 3 aromatic carbocycles. The zero-order valence-electron chi connectivity index (χ0n) is 18.2. The number of anilines is 1. The van der Waals surface area contributed by atoms with Crippen LogP contribution < -0.4 is 4.90 Å². The second-order valence-corrected chi connectivity index (χ2v) is 7.34. The summed E-state index contributed by atoms with van der Waals surface area (Å²) >= 11 is 0. The third-order valence-electron chi connectivity index (χ3n) is 4.92. The highest BCUT2D eigenvalue weighted by molar-refractivity contribution is 6.19. The Kier molecular flexibility index (Phi) is 8.07. The summed E-state index contributed by atoms with van der Waals surface area (Å²) < 4.78 is 5.40. The molecule has 0 bridgehead atoms. The molecule has 0 aliphatic heterocycles. The smallest absolute Gasteiger partial charge is 0.341 e. The number of nitro benzene ring substituents is 1. The average molecular weight is 444 g/mol. The summed E-state index contributed by atoms with van der Waals surface area (Å²) in [5, 5.41) is 11.0. The Morgan fingerprint density at radius 1 is 0.970 bits per heavy atom. The molecule has 7 heteroatoms. The highest BCUT2D eigenvalue weighted by Gasteiger charge is 2.18. The number of hydrogen-bond donors (Lipinski definition) is 0. The lowest BCUT2D eigenvalue weighted by Gasteiger charge is -2.25. The first-order chi connectivity index (χ1) is 15.9. The van der Waals surface area contributed by atoms with E-state index in [0.717, 1.165) is 11.3 Å². The van der Waals surface area contributed by atoms with Crippen molar-refractivity contribution >= 4 is 29.2 Å². The van der Waals surface area contributed by atoms with E-state index in [1.165, 1.54) is 31.2 Å². The minimum atomic E-state index is -0.762. The van der Waals surface area contributed by atoms with Crippen molar-refractivity contribution in [3.05, 3.63) is 112 Å². The summed E-state index contributed by atoms with van der Waals surface area (Å²) in [7, 11) is 0. The molecule has 0 aromatic heterocycles. The number of para-hydroxylation sites is 1. The largest absolute Gasteiger partial charge is 0.460 e. The molecule has 0 fully saturated rings. The first-order valence-electron chi connectivity index (χ1n) is 10.4. The number of benzene rings is 3. The van der Waals surface area contributed by atoms with Crippen LogP contribution in [0.5, 0.6) is 0 Å². The van der Waals surface area contributed by atoms with Gasteiger partial charge in [-0.05, 0) is 36.3 Å². The van der Waals surface area contributed by atoms with Crippen LogP contribution in [0.2, 0.25) is 0 Å². The van der Waals surface area contributed by atoms with Gasteiger partial charge in [-0.1, -0.05) is 60.7 Å². The van der Waals surface area contributed by atoms with E-state index in [2.05, 4.69) is 4.90 Å². The van der Waals surface area contributed by atoms with Crippen molar-refractivity contribution in [1.82, 2.24) is 0 Å². The molecule has 0 saturated carbocycles. The molecular formula is C26H24N2O5. The van der Waals surface area contributed by atoms with Crippen LogP contribution in [-0.4, -0.2) is 29.8 Å². The van der Waals surface area contributed by atoms with Crippen LogP contribution >= 0.6 is 0 Å². The zero-order chi connectivity index (χ0) is 23.6. The second-order valence-electron chi connectivity index (χ2n) is 7.34. The molecule has 0 saturated heterocycles. The number of nitro groups is 1. The Morgan fingerprint density at radius 2 is 1.64 bits per heavy atom. The third kappa shape index (κ3) is 6.87. The van der Waals surface area contributed by atoms with Crippen LogP contribution in [0.25, 0.3) is 6.08 Å². The number of carbonyl (C=O) groups is 2. The fourth-order valence-corrected chi connectivity index (χ4v) is 3.27. The maximum Gasteiger partial charge on any atom is 0.341 e. The van der Waals surface area contributed by atoms with Gasteiger partial charge in [0.05, 0.1) is 11.5 Å². The maximum absolute atomic E-state index is 12.6. The number of hydrogen-bond acceptors (Lipinski definition) is 6. The molecule has 0 radical (unpaired) electrons. The molecule has 168 valence electrons. The molecule has 33 heavy (non-hydrogen) atoms. The molecule has 0 aliphatic rings. The lowest BCUT2D eigenvalue weighted by Crippen LogP contribution is -2.28. The van der Waals surface area contributed by atoms with Gasteiger partial charge >= 0.3 is 5.97 Å². The number of non-ortho nitro benzene ring substituents is 1. The molecular weight excluding hydrogens is 420 g/mol. The van der Waals surface area contributed by atoms with E-state index < -0.39 is 16.7 Å². The minimum Gasteiger partial charge on any atom is -0.460 e. The molecule has 0 heterocycles. The first-order valence-corrected chi connectivity index (χ1v) is 10.4. The van der Waals surface area contributed by atoms with E-state index in [9.17, 15) is 19.7 Å². The van der Waals surface area contributed by atoms with Crippen molar-refractivity contribution < 1.29 is 19.2 Å². The monoisotopic (exact) mass is 444 g/mol. The highest BCUT2D eigenvalue weighted by Crippen LogP contribution is 2.18. The topological polar surface area (TPSA) is 89.8 Å². The Hall–Kier alpha value is -4.26. The Bertz CT molecular complexity index is 1140. The lowest BCUT2D eigenvalue weighted by atomic mass is 10.1. The van der Waals surface area contributed by atoms with Crippen molar-refractivity contribution in [2.24, 2.45) is 0 Å². The fourth-order valence-electron chi connectivity index (χ4n) is 3.27. The summed E-state index contributed by atoms with van der Waals surface area (Å²) in [4.78, 5) is 37.2. The van der Waals surface area contributed by atoms with Gasteiger partial charge in [-0.2, -0.15) is 0 Å². The van der Waals surface area contributed by atoms with Gasteiger partial charge in [0.1, 0.15) is 12.2 Å². The van der Waals surface area contributed by atoms with Gasteiger partial charge in [0, 0.05) is 24.4 Å². The van der Waals surface area contributed by atoms with Crippen LogP contribution in [0.1, 0.15) is 18.1 Å². The van der Waals surface area contributed by atoms with Crippen LogP contribution in [0.4, 0.5) is 11.4 Å². The molecule has 0 atom stereocenters. The third-order valence-corrected chi connectivity index (χ3v) is 4.92. The number of nitrogens with zero attached hydrogens (tertiary/aromatic N) is 2. The van der Waals surface area contributed by atoms with Gasteiger partial charge in [0.15, 0.2) is 5.78 Å². The Morgan fingerprint density at radius 3 is 2.27 bits per heavy atom. The van der Waals surface area contributed by atoms with Crippen molar-refractivity contribution in [1.29, 1.82) is 0 Å². The predicted molar refractivity (Wildman–Crippen MR) is 127 cm³/mol. The number of ether oxygens (including phenoxy) is 1. The number of rotatable bonds is 10. The summed E-state index contributed by atoms with van der Waals surface area (Å²) in [6.07, 6.45) is 1.32. The van der Waals surface area contributed by atoms with E-state index in [1.807, 2.05) is 60.7 Å². The summed E-state index contributed by atoms with van der Waals surface area (Å²) in [6, 6.07) is 25.4. The minimum absolute atomic E-state index is 0.0696. The molecule has 0 N–H and O–H groups in total. The van der Waals surface area contributed by atoms with Crippen LogP contribution in [0, 0.1) is 10.1 Å². The molecule has 7 nitrogen and oxygen atoms in total. The van der Waals surface area contributed by atoms with Gasteiger partial charge < -0.3 is 9.64 Å². The van der Waals surface area contributed by atoms with Crippen molar-refractivity contribution in [3.63, 3.8) is 0 Å². The molecule has 3 aromatic rings. The summed E-state index contributed by atoms with van der Waals surface area (Å²) in [6.45, 7) is 2.38. The van der Waals surface area contributed by atoms with E-state index in [-0.39, 0.29) is 17.9 Å². The second kappa shape index (κ2) is 11.4. The van der Waals surface area contributed by atoms with E-state index >= 15 is 0 Å². The van der Waals surface area contributed by atoms with Crippen molar-refractivity contribution in [2.45, 2.75) is 13.5 Å². The fraction of sp³-hybridized carbons (Fsp3) is 0.154. The Labute approximate surface area is 192 Å². The van der Waals surface area contributed by atoms with Gasteiger partial charge in [-0.15, -0.1) is 0 Å². The van der Waals surface area contributed by atoms with E-state index in [4.69, 9.17) is 4.74 Å². The molecule has 3 rings (SSSR count). The maximum atomic E-state index is 12.6.